The zero-order chi connectivity index (χ0) is 14.9. The van der Waals surface area contributed by atoms with Gasteiger partial charge in [-0.2, -0.15) is 0 Å². The molecule has 1 atom stereocenters. The molecule has 1 aliphatic heterocycles. The van der Waals surface area contributed by atoms with Gasteiger partial charge in [0.05, 0.1) is 13.2 Å². The molecule has 0 radical (unpaired) electrons. The van der Waals surface area contributed by atoms with Crippen LogP contribution in [0.15, 0.2) is 24.3 Å². The fourth-order valence-corrected chi connectivity index (χ4v) is 2.24. The van der Waals surface area contributed by atoms with Crippen LogP contribution in [0, 0.1) is 5.92 Å². The van der Waals surface area contributed by atoms with E-state index in [9.17, 15) is 4.79 Å². The van der Waals surface area contributed by atoms with Gasteiger partial charge in [-0.05, 0) is 30.5 Å². The molecule has 0 saturated carbocycles. The monoisotopic (exact) mass is 292 g/mol. The Morgan fingerprint density at radius 3 is 2.86 bits per heavy atom. The molecule has 5 heteroatoms. The third-order valence-corrected chi connectivity index (χ3v) is 3.58. The van der Waals surface area contributed by atoms with Crippen LogP contribution in [0.2, 0.25) is 0 Å². The molecule has 0 aliphatic carbocycles. The Morgan fingerprint density at radius 2 is 2.19 bits per heavy atom. The third-order valence-electron chi connectivity index (χ3n) is 3.58. The van der Waals surface area contributed by atoms with Crippen LogP contribution in [-0.2, 0) is 16.0 Å². The molecule has 1 aliphatic rings. The van der Waals surface area contributed by atoms with Gasteiger partial charge in [0.1, 0.15) is 0 Å². The second kappa shape index (κ2) is 8.77. The average Bonchev–Trinajstić information content (AvgIpc) is 3.04. The van der Waals surface area contributed by atoms with Crippen LogP contribution >= 0.6 is 0 Å². The highest BCUT2D eigenvalue weighted by Crippen LogP contribution is 2.12. The number of carbonyl (C=O) groups is 1. The van der Waals surface area contributed by atoms with E-state index in [1.807, 2.05) is 12.1 Å². The Balaban J connectivity index is 1.55. The highest BCUT2D eigenvalue weighted by molar-refractivity contribution is 5.94. The van der Waals surface area contributed by atoms with E-state index in [2.05, 4.69) is 5.32 Å². The fourth-order valence-electron chi connectivity index (χ4n) is 2.24. The zero-order valence-electron chi connectivity index (χ0n) is 12.3. The molecule has 0 spiro atoms. The summed E-state index contributed by atoms with van der Waals surface area (Å²) in [6.45, 7) is 4.21. The van der Waals surface area contributed by atoms with E-state index in [-0.39, 0.29) is 5.91 Å². The van der Waals surface area contributed by atoms with E-state index in [0.29, 0.717) is 31.2 Å². The lowest BCUT2D eigenvalue weighted by molar-refractivity contribution is 0.0853. The lowest BCUT2D eigenvalue weighted by Crippen LogP contribution is -2.25. The smallest absolute Gasteiger partial charge is 0.251 e. The van der Waals surface area contributed by atoms with E-state index in [0.717, 1.165) is 38.2 Å². The maximum absolute atomic E-state index is 11.9. The molecule has 1 unspecified atom stereocenters. The summed E-state index contributed by atoms with van der Waals surface area (Å²) in [5.74, 6) is 0.489. The fraction of sp³-hybridized carbons (Fsp3) is 0.562. The Hall–Kier alpha value is -1.43. The van der Waals surface area contributed by atoms with Gasteiger partial charge in [0.25, 0.3) is 5.91 Å². The Kier molecular flexibility index (Phi) is 6.66. The van der Waals surface area contributed by atoms with Crippen molar-refractivity contribution in [1.82, 2.24) is 5.32 Å². The summed E-state index contributed by atoms with van der Waals surface area (Å²) in [7, 11) is 0. The number of nitrogens with one attached hydrogen (secondary N) is 1. The number of nitrogens with two attached hydrogens (primary N) is 1. The molecular formula is C16H24N2O3. The number of ether oxygens (including phenoxy) is 2. The van der Waals surface area contributed by atoms with Crippen molar-refractivity contribution in [1.29, 1.82) is 0 Å². The first-order valence-electron chi connectivity index (χ1n) is 7.52. The molecule has 0 aromatic heterocycles. The zero-order valence-corrected chi connectivity index (χ0v) is 12.3. The van der Waals surface area contributed by atoms with Crippen molar-refractivity contribution in [2.75, 3.05) is 33.0 Å². The molecule has 116 valence electrons. The van der Waals surface area contributed by atoms with Crippen molar-refractivity contribution in [2.24, 2.45) is 11.7 Å². The molecule has 1 heterocycles. The summed E-state index contributed by atoms with van der Waals surface area (Å²) in [4.78, 5) is 11.9. The molecule has 1 fully saturated rings. The minimum Gasteiger partial charge on any atom is -0.381 e. The summed E-state index contributed by atoms with van der Waals surface area (Å²) in [5.41, 5.74) is 7.21. The van der Waals surface area contributed by atoms with Crippen molar-refractivity contribution in [3.8, 4) is 0 Å². The van der Waals surface area contributed by atoms with Gasteiger partial charge in [0.15, 0.2) is 0 Å². The van der Waals surface area contributed by atoms with Gasteiger partial charge in [0, 0.05) is 37.8 Å². The van der Waals surface area contributed by atoms with Crippen LogP contribution in [0.25, 0.3) is 0 Å². The van der Waals surface area contributed by atoms with Crippen molar-refractivity contribution in [2.45, 2.75) is 19.4 Å². The van der Waals surface area contributed by atoms with E-state index < -0.39 is 0 Å². The van der Waals surface area contributed by atoms with Gasteiger partial charge in [-0.25, -0.2) is 0 Å². The maximum Gasteiger partial charge on any atom is 0.251 e. The topological polar surface area (TPSA) is 73.6 Å². The molecule has 5 nitrogen and oxygen atoms in total. The van der Waals surface area contributed by atoms with Gasteiger partial charge >= 0.3 is 0 Å². The van der Waals surface area contributed by atoms with Crippen molar-refractivity contribution in [3.63, 3.8) is 0 Å². The summed E-state index contributed by atoms with van der Waals surface area (Å²) in [6.07, 6.45) is 1.91. The number of benzene rings is 1. The van der Waals surface area contributed by atoms with Crippen LogP contribution in [0.4, 0.5) is 0 Å². The van der Waals surface area contributed by atoms with Crippen LogP contribution in [0.3, 0.4) is 0 Å². The quantitative estimate of drug-likeness (QED) is 0.709. The van der Waals surface area contributed by atoms with E-state index >= 15 is 0 Å². The molecule has 1 amide bonds. The van der Waals surface area contributed by atoms with E-state index in [1.54, 1.807) is 12.1 Å². The van der Waals surface area contributed by atoms with Gasteiger partial charge < -0.3 is 20.5 Å². The van der Waals surface area contributed by atoms with Crippen molar-refractivity contribution in [3.05, 3.63) is 35.4 Å². The van der Waals surface area contributed by atoms with Gasteiger partial charge in [-0.3, -0.25) is 4.79 Å². The Bertz CT molecular complexity index is 428. The molecule has 0 bridgehead atoms. The van der Waals surface area contributed by atoms with Crippen LogP contribution < -0.4 is 11.1 Å². The molecule has 21 heavy (non-hydrogen) atoms. The number of carbonyl (C=O) groups excluding carboxylic acids is 1. The number of rotatable bonds is 8. The molecule has 3 N–H and O–H groups in total. The second-order valence-corrected chi connectivity index (χ2v) is 5.32. The summed E-state index contributed by atoms with van der Waals surface area (Å²) >= 11 is 0. The van der Waals surface area contributed by atoms with E-state index in [4.69, 9.17) is 15.2 Å². The lowest BCUT2D eigenvalue weighted by Gasteiger charge is -2.09. The first-order chi connectivity index (χ1) is 10.3. The summed E-state index contributed by atoms with van der Waals surface area (Å²) in [6, 6.07) is 7.35. The normalized spacial score (nSPS) is 17.9. The standard InChI is InChI=1S/C16H24N2O3/c17-10-13-2-4-15(5-3-13)16(19)18-7-1-8-20-11-14-6-9-21-12-14/h2-5,14H,1,6-12,17H2,(H,18,19). The predicted octanol–water partition coefficient (Wildman–Crippen LogP) is 1.32. The van der Waals surface area contributed by atoms with Crippen molar-refractivity contribution < 1.29 is 14.3 Å². The van der Waals surface area contributed by atoms with Crippen molar-refractivity contribution >= 4 is 5.91 Å². The number of hydrogen-bond donors (Lipinski definition) is 2. The summed E-state index contributed by atoms with van der Waals surface area (Å²) < 4.78 is 10.9. The van der Waals surface area contributed by atoms with Crippen LogP contribution in [-0.4, -0.2) is 38.9 Å². The summed E-state index contributed by atoms with van der Waals surface area (Å²) in [5, 5.41) is 2.89. The van der Waals surface area contributed by atoms with E-state index in [1.165, 1.54) is 0 Å². The lowest BCUT2D eigenvalue weighted by atomic mass is 10.1. The van der Waals surface area contributed by atoms with Gasteiger partial charge in [0.2, 0.25) is 0 Å². The first kappa shape index (κ1) is 15.9. The largest absolute Gasteiger partial charge is 0.381 e. The van der Waals surface area contributed by atoms with Crippen LogP contribution in [0.1, 0.15) is 28.8 Å². The molecule has 1 aromatic rings. The molecule has 1 saturated heterocycles. The maximum atomic E-state index is 11.9. The highest BCUT2D eigenvalue weighted by atomic mass is 16.5. The van der Waals surface area contributed by atoms with Crippen LogP contribution in [0.5, 0.6) is 0 Å². The minimum absolute atomic E-state index is 0.0530. The Labute approximate surface area is 125 Å². The molecule has 1 aromatic carbocycles. The predicted molar refractivity (Wildman–Crippen MR) is 81.0 cm³/mol. The molecule has 2 rings (SSSR count). The average molecular weight is 292 g/mol. The van der Waals surface area contributed by atoms with Gasteiger partial charge in [-0.15, -0.1) is 0 Å². The number of hydrogen-bond acceptors (Lipinski definition) is 4. The van der Waals surface area contributed by atoms with Gasteiger partial charge in [-0.1, -0.05) is 12.1 Å². The Morgan fingerprint density at radius 1 is 1.38 bits per heavy atom. The first-order valence-corrected chi connectivity index (χ1v) is 7.52. The number of amides is 1. The third kappa shape index (κ3) is 5.46. The molecular weight excluding hydrogens is 268 g/mol. The highest BCUT2D eigenvalue weighted by Gasteiger charge is 2.15. The second-order valence-electron chi connectivity index (χ2n) is 5.32. The minimum atomic E-state index is -0.0530. The SMILES string of the molecule is NCc1ccc(C(=O)NCCCOCC2CCOC2)cc1.